The number of hydrogen-bond acceptors (Lipinski definition) is 3. The van der Waals surface area contributed by atoms with Crippen molar-refractivity contribution in [3.63, 3.8) is 0 Å². The largest absolute Gasteiger partial charge is 0.497 e. The molecule has 140 valence electrons. The highest BCUT2D eigenvalue weighted by molar-refractivity contribution is 5.87. The lowest BCUT2D eigenvalue weighted by Crippen LogP contribution is -2.25. The molecule has 0 aromatic heterocycles. The van der Waals surface area contributed by atoms with Crippen LogP contribution in [0.4, 0.5) is 0 Å². The Labute approximate surface area is 164 Å². The summed E-state index contributed by atoms with van der Waals surface area (Å²) in [4.78, 5) is 12.8. The minimum atomic E-state index is -0.280. The van der Waals surface area contributed by atoms with E-state index in [1.165, 1.54) is 0 Å². The van der Waals surface area contributed by atoms with Crippen LogP contribution in [0.15, 0.2) is 90.0 Å². The zero-order chi connectivity index (χ0) is 19.4. The molecule has 0 spiro atoms. The second-order valence-electron chi connectivity index (χ2n) is 6.97. The Morgan fingerprint density at radius 3 is 2.25 bits per heavy atom. The third-order valence-electron chi connectivity index (χ3n) is 5.34. The van der Waals surface area contributed by atoms with E-state index in [4.69, 9.17) is 4.74 Å². The summed E-state index contributed by atoms with van der Waals surface area (Å²) in [6, 6.07) is 28.0. The average Bonchev–Trinajstić information content (AvgIpc) is 3.52. The third kappa shape index (κ3) is 3.41. The topological polar surface area (TPSA) is 50.7 Å². The molecule has 0 unspecified atom stereocenters. The summed E-state index contributed by atoms with van der Waals surface area (Å²) in [5.41, 5.74) is 5.63. The molecule has 0 aliphatic heterocycles. The number of hydrazone groups is 1. The molecule has 0 heterocycles. The minimum absolute atomic E-state index is 0.0631. The van der Waals surface area contributed by atoms with Gasteiger partial charge in [-0.05, 0) is 35.2 Å². The standard InChI is InChI=1S/C24H22N2O2/c1-28-21-14-8-9-18(15-21)17-25-26-23(27)22-16-24(22,19-10-4-2-5-11-19)20-12-6-3-7-13-20/h2-15,17,22H,16H2,1H3,(H,26,27)/b25-17-/t22-/m0/s1. The maximum Gasteiger partial charge on any atom is 0.244 e. The number of carbonyl (C=O) groups excluding carboxylic acids is 1. The van der Waals surface area contributed by atoms with E-state index < -0.39 is 0 Å². The van der Waals surface area contributed by atoms with E-state index in [-0.39, 0.29) is 17.2 Å². The van der Waals surface area contributed by atoms with Gasteiger partial charge in [0.05, 0.1) is 19.2 Å². The molecule has 4 nitrogen and oxygen atoms in total. The highest BCUT2D eigenvalue weighted by Crippen LogP contribution is 2.58. The number of ether oxygens (including phenoxy) is 1. The molecule has 1 atom stereocenters. The molecule has 0 saturated heterocycles. The van der Waals surface area contributed by atoms with Crippen LogP contribution in [0.5, 0.6) is 5.75 Å². The van der Waals surface area contributed by atoms with Crippen LogP contribution in [0, 0.1) is 5.92 Å². The first kappa shape index (κ1) is 18.0. The SMILES string of the molecule is COc1cccc(/C=N\NC(=O)[C@@H]2CC2(c2ccccc2)c2ccccc2)c1. The predicted octanol–water partition coefficient (Wildman–Crippen LogP) is 4.15. The maximum atomic E-state index is 12.8. The zero-order valence-corrected chi connectivity index (χ0v) is 15.7. The van der Waals surface area contributed by atoms with Gasteiger partial charge in [-0.3, -0.25) is 4.79 Å². The number of nitrogens with zero attached hydrogens (tertiary/aromatic N) is 1. The lowest BCUT2D eigenvalue weighted by atomic mass is 9.85. The molecule has 3 aromatic carbocycles. The molecule has 1 saturated carbocycles. The van der Waals surface area contributed by atoms with Crippen molar-refractivity contribution in [1.82, 2.24) is 5.43 Å². The Morgan fingerprint density at radius 1 is 1.00 bits per heavy atom. The van der Waals surface area contributed by atoms with Gasteiger partial charge < -0.3 is 4.74 Å². The number of rotatable bonds is 6. The van der Waals surface area contributed by atoms with Crippen molar-refractivity contribution in [3.8, 4) is 5.75 Å². The van der Waals surface area contributed by atoms with Gasteiger partial charge in [-0.2, -0.15) is 5.10 Å². The molecule has 1 fully saturated rings. The number of carbonyl (C=O) groups is 1. The molecule has 4 heteroatoms. The molecular formula is C24H22N2O2. The van der Waals surface area contributed by atoms with Crippen LogP contribution in [0.1, 0.15) is 23.1 Å². The Morgan fingerprint density at radius 2 is 1.64 bits per heavy atom. The number of amides is 1. The quantitative estimate of drug-likeness (QED) is 0.523. The van der Waals surface area contributed by atoms with Crippen LogP contribution in [0.2, 0.25) is 0 Å². The van der Waals surface area contributed by atoms with Gasteiger partial charge in [0.15, 0.2) is 0 Å². The van der Waals surface area contributed by atoms with Gasteiger partial charge in [0.25, 0.3) is 0 Å². The second kappa shape index (κ2) is 7.69. The van der Waals surface area contributed by atoms with Crippen molar-refractivity contribution in [1.29, 1.82) is 0 Å². The minimum Gasteiger partial charge on any atom is -0.497 e. The van der Waals surface area contributed by atoms with Crippen molar-refractivity contribution >= 4 is 12.1 Å². The van der Waals surface area contributed by atoms with Crippen LogP contribution in [-0.4, -0.2) is 19.2 Å². The van der Waals surface area contributed by atoms with Gasteiger partial charge in [0.2, 0.25) is 5.91 Å². The van der Waals surface area contributed by atoms with Gasteiger partial charge in [-0.15, -0.1) is 0 Å². The van der Waals surface area contributed by atoms with Crippen LogP contribution >= 0.6 is 0 Å². The monoisotopic (exact) mass is 370 g/mol. The van der Waals surface area contributed by atoms with Gasteiger partial charge in [0, 0.05) is 5.41 Å². The average molecular weight is 370 g/mol. The number of nitrogens with one attached hydrogen (secondary N) is 1. The highest BCUT2D eigenvalue weighted by atomic mass is 16.5. The first-order chi connectivity index (χ1) is 13.7. The van der Waals surface area contributed by atoms with Crippen molar-refractivity contribution in [3.05, 3.63) is 102 Å². The summed E-state index contributed by atoms with van der Waals surface area (Å²) in [6.45, 7) is 0. The summed E-state index contributed by atoms with van der Waals surface area (Å²) in [6.07, 6.45) is 2.41. The Hall–Kier alpha value is -3.40. The Kier molecular flexibility index (Phi) is 4.94. The summed E-state index contributed by atoms with van der Waals surface area (Å²) in [7, 11) is 1.62. The number of benzene rings is 3. The molecule has 1 N–H and O–H groups in total. The van der Waals surface area contributed by atoms with Crippen LogP contribution < -0.4 is 10.2 Å². The smallest absolute Gasteiger partial charge is 0.244 e. The molecule has 1 amide bonds. The lowest BCUT2D eigenvalue weighted by molar-refractivity contribution is -0.122. The van der Waals surface area contributed by atoms with E-state index in [0.717, 1.165) is 28.9 Å². The van der Waals surface area contributed by atoms with E-state index in [9.17, 15) is 4.79 Å². The van der Waals surface area contributed by atoms with E-state index >= 15 is 0 Å². The fourth-order valence-electron chi connectivity index (χ4n) is 3.83. The van der Waals surface area contributed by atoms with Gasteiger partial charge in [-0.25, -0.2) is 5.43 Å². The van der Waals surface area contributed by atoms with Crippen molar-refractivity contribution < 1.29 is 9.53 Å². The molecule has 28 heavy (non-hydrogen) atoms. The number of methoxy groups -OCH3 is 1. The van der Waals surface area contributed by atoms with Crippen LogP contribution in [0.3, 0.4) is 0 Å². The lowest BCUT2D eigenvalue weighted by Gasteiger charge is -2.18. The summed E-state index contributed by atoms with van der Waals surface area (Å²) >= 11 is 0. The van der Waals surface area contributed by atoms with Crippen molar-refractivity contribution in [2.24, 2.45) is 11.0 Å². The second-order valence-corrected chi connectivity index (χ2v) is 6.97. The Balaban J connectivity index is 1.52. The van der Waals surface area contributed by atoms with Crippen LogP contribution in [0.25, 0.3) is 0 Å². The van der Waals surface area contributed by atoms with Gasteiger partial charge in [-0.1, -0.05) is 72.8 Å². The molecular weight excluding hydrogens is 348 g/mol. The van der Waals surface area contributed by atoms with Gasteiger partial charge >= 0.3 is 0 Å². The molecule has 4 rings (SSSR count). The third-order valence-corrected chi connectivity index (χ3v) is 5.34. The highest BCUT2D eigenvalue weighted by Gasteiger charge is 2.60. The molecule has 0 bridgehead atoms. The molecule has 3 aromatic rings. The van der Waals surface area contributed by atoms with E-state index in [2.05, 4.69) is 34.8 Å². The zero-order valence-electron chi connectivity index (χ0n) is 15.7. The summed E-state index contributed by atoms with van der Waals surface area (Å²) < 4.78 is 5.21. The number of hydrogen-bond donors (Lipinski definition) is 1. The van der Waals surface area contributed by atoms with Crippen molar-refractivity contribution in [2.75, 3.05) is 7.11 Å². The summed E-state index contributed by atoms with van der Waals surface area (Å²) in [5, 5.41) is 4.15. The predicted molar refractivity (Wildman–Crippen MR) is 111 cm³/mol. The molecule has 1 aliphatic rings. The van der Waals surface area contributed by atoms with E-state index in [0.29, 0.717) is 0 Å². The fraction of sp³-hybridized carbons (Fsp3) is 0.167. The van der Waals surface area contributed by atoms with E-state index in [1.807, 2.05) is 60.7 Å². The first-order valence-electron chi connectivity index (χ1n) is 9.32. The van der Waals surface area contributed by atoms with Gasteiger partial charge in [0.1, 0.15) is 5.75 Å². The molecule has 0 radical (unpaired) electrons. The van der Waals surface area contributed by atoms with Crippen molar-refractivity contribution in [2.45, 2.75) is 11.8 Å². The maximum absolute atomic E-state index is 12.8. The Bertz CT molecular complexity index is 944. The first-order valence-corrected chi connectivity index (χ1v) is 9.32. The van der Waals surface area contributed by atoms with Crippen LogP contribution in [-0.2, 0) is 10.2 Å². The fourth-order valence-corrected chi connectivity index (χ4v) is 3.83. The summed E-state index contributed by atoms with van der Waals surface area (Å²) in [5.74, 6) is 0.552. The normalized spacial score (nSPS) is 17.2. The van der Waals surface area contributed by atoms with E-state index in [1.54, 1.807) is 13.3 Å². The molecule has 1 aliphatic carbocycles.